The Morgan fingerprint density at radius 1 is 1.46 bits per heavy atom. The summed E-state index contributed by atoms with van der Waals surface area (Å²) in [7, 11) is 0. The summed E-state index contributed by atoms with van der Waals surface area (Å²) in [5.41, 5.74) is 8.02. The van der Waals surface area contributed by atoms with Crippen LogP contribution in [-0.4, -0.2) is 21.7 Å². The third-order valence-electron chi connectivity index (χ3n) is 2.52. The van der Waals surface area contributed by atoms with Crippen LogP contribution in [0, 0.1) is 0 Å². The summed E-state index contributed by atoms with van der Waals surface area (Å²) in [4.78, 5) is 7.57. The van der Waals surface area contributed by atoms with Crippen molar-refractivity contribution in [2.75, 3.05) is 6.61 Å². The van der Waals surface area contributed by atoms with Gasteiger partial charge in [0, 0.05) is 5.69 Å². The van der Waals surface area contributed by atoms with Crippen LogP contribution in [0.1, 0.15) is 36.1 Å². The summed E-state index contributed by atoms with van der Waals surface area (Å²) in [6.45, 7) is -0.0492. The minimum Gasteiger partial charge on any atom is -0.394 e. The molecule has 0 saturated heterocycles. The zero-order chi connectivity index (χ0) is 9.26. The standard InChI is InChI=1S/C9H15N3O/c10-6(5-13)9-11-7-3-1-2-4-8(7)12-9/h6,13H,1-5,10H2,(H,11,12)/t6-/m0/s1. The molecule has 1 atom stereocenters. The topological polar surface area (TPSA) is 74.9 Å². The zero-order valence-electron chi connectivity index (χ0n) is 7.58. The Bertz CT molecular complexity index is 272. The molecule has 0 unspecified atom stereocenters. The number of nitrogens with zero attached hydrogens (tertiary/aromatic N) is 1. The monoisotopic (exact) mass is 181 g/mol. The van der Waals surface area contributed by atoms with Crippen LogP contribution in [0.25, 0.3) is 0 Å². The summed E-state index contributed by atoms with van der Waals surface area (Å²) in [5.74, 6) is 0.731. The average Bonchev–Trinajstić information content (AvgIpc) is 2.59. The van der Waals surface area contributed by atoms with E-state index in [1.807, 2.05) is 0 Å². The predicted molar refractivity (Wildman–Crippen MR) is 49.2 cm³/mol. The van der Waals surface area contributed by atoms with E-state index < -0.39 is 0 Å². The van der Waals surface area contributed by atoms with Crippen LogP contribution in [0.2, 0.25) is 0 Å². The quantitative estimate of drug-likeness (QED) is 0.613. The molecule has 0 aliphatic heterocycles. The first-order chi connectivity index (χ1) is 6.31. The molecule has 13 heavy (non-hydrogen) atoms. The number of nitrogens with two attached hydrogens (primary N) is 1. The highest BCUT2D eigenvalue weighted by molar-refractivity contribution is 5.18. The maximum atomic E-state index is 8.86. The molecule has 1 aliphatic carbocycles. The number of aromatic amines is 1. The summed E-state index contributed by atoms with van der Waals surface area (Å²) in [6, 6.07) is -0.356. The van der Waals surface area contributed by atoms with Crippen molar-refractivity contribution in [2.45, 2.75) is 31.7 Å². The van der Waals surface area contributed by atoms with Gasteiger partial charge in [-0.25, -0.2) is 4.98 Å². The van der Waals surface area contributed by atoms with Crippen molar-refractivity contribution in [1.82, 2.24) is 9.97 Å². The van der Waals surface area contributed by atoms with Crippen LogP contribution in [0.4, 0.5) is 0 Å². The lowest BCUT2D eigenvalue weighted by Gasteiger charge is -2.07. The second kappa shape index (κ2) is 3.47. The fraction of sp³-hybridized carbons (Fsp3) is 0.667. The van der Waals surface area contributed by atoms with Crippen molar-refractivity contribution in [1.29, 1.82) is 0 Å². The average molecular weight is 181 g/mol. The SMILES string of the molecule is N[C@@H](CO)c1nc2c([nH]1)CCCC2. The zero-order valence-corrected chi connectivity index (χ0v) is 7.58. The number of imidazole rings is 1. The molecule has 0 saturated carbocycles. The Kier molecular flexibility index (Phi) is 2.33. The highest BCUT2D eigenvalue weighted by atomic mass is 16.3. The molecule has 4 nitrogen and oxygen atoms in total. The summed E-state index contributed by atoms with van der Waals surface area (Å²) >= 11 is 0. The Hall–Kier alpha value is -0.870. The van der Waals surface area contributed by atoms with Crippen LogP contribution in [0.15, 0.2) is 0 Å². The van der Waals surface area contributed by atoms with Crippen molar-refractivity contribution >= 4 is 0 Å². The molecule has 0 radical (unpaired) electrons. The number of aliphatic hydroxyl groups excluding tert-OH is 1. The molecular formula is C9H15N3O. The van der Waals surface area contributed by atoms with Crippen LogP contribution in [0.5, 0.6) is 0 Å². The molecule has 4 N–H and O–H groups in total. The Morgan fingerprint density at radius 2 is 2.23 bits per heavy atom. The molecule has 0 aromatic carbocycles. The van der Waals surface area contributed by atoms with Gasteiger partial charge in [-0.1, -0.05) is 0 Å². The minimum absolute atomic E-state index is 0.0492. The van der Waals surface area contributed by atoms with Crippen molar-refractivity contribution in [3.63, 3.8) is 0 Å². The van der Waals surface area contributed by atoms with Crippen LogP contribution in [0.3, 0.4) is 0 Å². The third kappa shape index (κ3) is 1.59. The maximum absolute atomic E-state index is 8.86. The number of hydrogen-bond donors (Lipinski definition) is 3. The number of nitrogens with one attached hydrogen (secondary N) is 1. The molecule has 0 spiro atoms. The van der Waals surface area contributed by atoms with Gasteiger partial charge in [0.25, 0.3) is 0 Å². The summed E-state index contributed by atoms with van der Waals surface area (Å²) in [6.07, 6.45) is 4.55. The third-order valence-corrected chi connectivity index (χ3v) is 2.52. The van der Waals surface area contributed by atoms with E-state index in [-0.39, 0.29) is 12.6 Å². The van der Waals surface area contributed by atoms with Gasteiger partial charge >= 0.3 is 0 Å². The number of hydrogen-bond acceptors (Lipinski definition) is 3. The number of H-pyrrole nitrogens is 1. The van der Waals surface area contributed by atoms with Crippen molar-refractivity contribution in [3.05, 3.63) is 17.2 Å². The molecule has 0 bridgehead atoms. The van der Waals surface area contributed by atoms with Crippen LogP contribution in [-0.2, 0) is 12.8 Å². The molecule has 1 aromatic heterocycles. The second-order valence-corrected chi connectivity index (χ2v) is 3.54. The molecule has 1 heterocycles. The second-order valence-electron chi connectivity index (χ2n) is 3.54. The van der Waals surface area contributed by atoms with E-state index in [2.05, 4.69) is 9.97 Å². The van der Waals surface area contributed by atoms with Crippen molar-refractivity contribution < 1.29 is 5.11 Å². The number of rotatable bonds is 2. The number of aromatic nitrogens is 2. The maximum Gasteiger partial charge on any atom is 0.125 e. The van der Waals surface area contributed by atoms with Crippen molar-refractivity contribution in [3.8, 4) is 0 Å². The fourth-order valence-corrected chi connectivity index (χ4v) is 1.74. The lowest BCUT2D eigenvalue weighted by atomic mass is 10.0. The molecular weight excluding hydrogens is 166 g/mol. The van der Waals surface area contributed by atoms with E-state index in [0.29, 0.717) is 0 Å². The minimum atomic E-state index is -0.356. The van der Waals surface area contributed by atoms with E-state index in [4.69, 9.17) is 10.8 Å². The van der Waals surface area contributed by atoms with Gasteiger partial charge in [-0.05, 0) is 25.7 Å². The van der Waals surface area contributed by atoms with Gasteiger partial charge in [-0.3, -0.25) is 0 Å². The number of fused-ring (bicyclic) bond motifs is 1. The van der Waals surface area contributed by atoms with E-state index in [1.165, 1.54) is 18.5 Å². The lowest BCUT2D eigenvalue weighted by Crippen LogP contribution is -2.16. The van der Waals surface area contributed by atoms with Gasteiger partial charge in [0.15, 0.2) is 0 Å². The Balaban J connectivity index is 2.25. The number of aryl methyl sites for hydroxylation is 2. The Morgan fingerprint density at radius 3 is 2.92 bits per heavy atom. The molecule has 72 valence electrons. The molecule has 4 heteroatoms. The van der Waals surface area contributed by atoms with Gasteiger partial charge in [0.1, 0.15) is 5.82 Å². The van der Waals surface area contributed by atoms with Gasteiger partial charge in [0.05, 0.1) is 18.3 Å². The smallest absolute Gasteiger partial charge is 0.125 e. The van der Waals surface area contributed by atoms with E-state index in [0.717, 1.165) is 24.4 Å². The van der Waals surface area contributed by atoms with E-state index in [9.17, 15) is 0 Å². The fourth-order valence-electron chi connectivity index (χ4n) is 1.74. The van der Waals surface area contributed by atoms with Crippen LogP contribution < -0.4 is 5.73 Å². The summed E-state index contributed by atoms with van der Waals surface area (Å²) in [5, 5.41) is 8.86. The molecule has 0 amide bonds. The van der Waals surface area contributed by atoms with E-state index in [1.54, 1.807) is 0 Å². The van der Waals surface area contributed by atoms with Gasteiger partial charge in [-0.2, -0.15) is 0 Å². The molecule has 1 aliphatic rings. The van der Waals surface area contributed by atoms with Gasteiger partial charge in [0.2, 0.25) is 0 Å². The normalized spacial score (nSPS) is 18.3. The number of aliphatic hydroxyl groups is 1. The molecule has 0 fully saturated rings. The van der Waals surface area contributed by atoms with E-state index >= 15 is 0 Å². The first-order valence-corrected chi connectivity index (χ1v) is 4.75. The highest BCUT2D eigenvalue weighted by Crippen LogP contribution is 2.20. The van der Waals surface area contributed by atoms with Crippen LogP contribution >= 0.6 is 0 Å². The van der Waals surface area contributed by atoms with Gasteiger partial charge < -0.3 is 15.8 Å². The summed E-state index contributed by atoms with van der Waals surface area (Å²) < 4.78 is 0. The largest absolute Gasteiger partial charge is 0.394 e. The first-order valence-electron chi connectivity index (χ1n) is 4.75. The van der Waals surface area contributed by atoms with Gasteiger partial charge in [-0.15, -0.1) is 0 Å². The highest BCUT2D eigenvalue weighted by Gasteiger charge is 2.16. The molecule has 1 aromatic rings. The Labute approximate surface area is 77.2 Å². The molecule has 2 rings (SSSR count). The lowest BCUT2D eigenvalue weighted by molar-refractivity contribution is 0.264. The first kappa shape index (κ1) is 8.72. The van der Waals surface area contributed by atoms with Crippen molar-refractivity contribution in [2.24, 2.45) is 5.73 Å². The predicted octanol–water partition coefficient (Wildman–Crippen LogP) is 0.281.